The van der Waals surface area contributed by atoms with Gasteiger partial charge in [-0.3, -0.25) is 14.3 Å². The number of nitrogen functional groups attached to an aromatic ring is 1. The van der Waals surface area contributed by atoms with E-state index in [0.717, 1.165) is 0 Å². The van der Waals surface area contributed by atoms with Crippen LogP contribution in [0.2, 0.25) is 0 Å². The summed E-state index contributed by atoms with van der Waals surface area (Å²) in [6, 6.07) is 15.6. The lowest BCUT2D eigenvalue weighted by Gasteiger charge is -2.21. The molecule has 0 saturated heterocycles. The number of carbonyl (C=O) groups is 2. The van der Waals surface area contributed by atoms with Crippen LogP contribution in [0.5, 0.6) is 0 Å². The Labute approximate surface area is 169 Å². The minimum absolute atomic E-state index is 0.0103. The second-order valence-corrected chi connectivity index (χ2v) is 8.67. The van der Waals surface area contributed by atoms with Crippen LogP contribution in [0.4, 0.5) is 11.4 Å². The van der Waals surface area contributed by atoms with Gasteiger partial charge in [-0.05, 0) is 34.1 Å². The molecule has 0 amide bonds. The van der Waals surface area contributed by atoms with Crippen LogP contribution in [0.15, 0.2) is 70.0 Å². The fourth-order valence-corrected chi connectivity index (χ4v) is 4.77. The van der Waals surface area contributed by atoms with E-state index < -0.39 is 10.0 Å². The molecule has 0 fully saturated rings. The molecule has 0 spiro atoms. The van der Waals surface area contributed by atoms with E-state index >= 15 is 0 Å². The molecule has 0 atom stereocenters. The Hall–Kier alpha value is -2.97. The molecular formula is C20H13BrN2O4S. The average molecular weight is 457 g/mol. The first-order valence-electron chi connectivity index (χ1n) is 8.19. The summed E-state index contributed by atoms with van der Waals surface area (Å²) in [6.45, 7) is 0. The van der Waals surface area contributed by atoms with Gasteiger partial charge in [0.25, 0.3) is 10.0 Å². The van der Waals surface area contributed by atoms with Gasteiger partial charge in [-0.2, -0.15) is 0 Å². The van der Waals surface area contributed by atoms with E-state index in [1.54, 1.807) is 42.5 Å². The van der Waals surface area contributed by atoms with Crippen LogP contribution in [0, 0.1) is 0 Å². The van der Waals surface area contributed by atoms with Crippen LogP contribution < -0.4 is 10.5 Å². The largest absolute Gasteiger partial charge is 0.397 e. The van der Waals surface area contributed by atoms with Crippen LogP contribution in [0.25, 0.3) is 0 Å². The van der Waals surface area contributed by atoms with Crippen LogP contribution in [0.3, 0.4) is 0 Å². The quantitative estimate of drug-likeness (QED) is 0.458. The standard InChI is InChI=1S/C20H13BrN2O4S/c21-17-15(23-28(26,27)11-6-2-1-3-7-11)10-14-16(18(17)22)20(25)13-9-5-4-8-12(13)19(14)24/h1-10,23H,22H2. The van der Waals surface area contributed by atoms with Gasteiger partial charge in [0.1, 0.15) is 0 Å². The number of benzene rings is 3. The molecule has 6 nitrogen and oxygen atoms in total. The summed E-state index contributed by atoms with van der Waals surface area (Å²) >= 11 is 3.26. The predicted molar refractivity (Wildman–Crippen MR) is 109 cm³/mol. The Balaban J connectivity index is 1.86. The fraction of sp³-hybridized carbons (Fsp3) is 0. The van der Waals surface area contributed by atoms with Crippen molar-refractivity contribution in [1.29, 1.82) is 0 Å². The molecule has 0 radical (unpaired) electrons. The van der Waals surface area contributed by atoms with Crippen LogP contribution in [-0.4, -0.2) is 20.0 Å². The number of hydrogen-bond acceptors (Lipinski definition) is 5. The molecule has 0 unspecified atom stereocenters. The summed E-state index contributed by atoms with van der Waals surface area (Å²) < 4.78 is 27.9. The third-order valence-electron chi connectivity index (χ3n) is 4.49. The molecule has 3 aromatic carbocycles. The minimum atomic E-state index is -3.90. The Kier molecular flexibility index (Phi) is 4.32. The molecule has 0 heterocycles. The van der Waals surface area contributed by atoms with Gasteiger partial charge in [-0.1, -0.05) is 42.5 Å². The van der Waals surface area contributed by atoms with Crippen LogP contribution in [0.1, 0.15) is 31.8 Å². The highest BCUT2D eigenvalue weighted by Crippen LogP contribution is 2.40. The smallest absolute Gasteiger partial charge is 0.261 e. The molecular weight excluding hydrogens is 444 g/mol. The summed E-state index contributed by atoms with van der Waals surface area (Å²) in [5, 5.41) is 0. The molecule has 140 valence electrons. The maximum absolute atomic E-state index is 12.9. The molecule has 0 saturated carbocycles. The highest BCUT2D eigenvalue weighted by molar-refractivity contribution is 9.10. The maximum atomic E-state index is 12.9. The maximum Gasteiger partial charge on any atom is 0.261 e. The van der Waals surface area contributed by atoms with Gasteiger partial charge in [0.2, 0.25) is 0 Å². The van der Waals surface area contributed by atoms with Crippen LogP contribution >= 0.6 is 15.9 Å². The molecule has 0 aliphatic heterocycles. The highest BCUT2D eigenvalue weighted by atomic mass is 79.9. The van der Waals surface area contributed by atoms with Gasteiger partial charge >= 0.3 is 0 Å². The molecule has 0 aromatic heterocycles. The zero-order chi connectivity index (χ0) is 20.1. The van der Waals surface area contributed by atoms with E-state index in [1.807, 2.05) is 0 Å². The number of anilines is 2. The minimum Gasteiger partial charge on any atom is -0.397 e. The number of nitrogens with two attached hydrogens (primary N) is 1. The van der Waals surface area contributed by atoms with Crippen LogP contribution in [-0.2, 0) is 10.0 Å². The average Bonchev–Trinajstić information content (AvgIpc) is 2.70. The lowest BCUT2D eigenvalue weighted by molar-refractivity contribution is 0.0979. The SMILES string of the molecule is Nc1c(Br)c(NS(=O)(=O)c2ccccc2)cc2c1C(=O)c1ccccc1C2=O. The number of nitrogens with one attached hydrogen (secondary N) is 1. The lowest BCUT2D eigenvalue weighted by Crippen LogP contribution is -2.23. The van der Waals surface area contributed by atoms with E-state index in [1.165, 1.54) is 18.2 Å². The molecule has 3 aromatic rings. The first-order valence-corrected chi connectivity index (χ1v) is 10.5. The number of halogens is 1. The Morgan fingerprint density at radius 1 is 0.821 bits per heavy atom. The van der Waals surface area contributed by atoms with Crippen molar-refractivity contribution in [2.24, 2.45) is 0 Å². The highest BCUT2D eigenvalue weighted by Gasteiger charge is 2.33. The number of ketones is 2. The van der Waals surface area contributed by atoms with Crippen molar-refractivity contribution in [2.45, 2.75) is 4.90 Å². The second kappa shape index (κ2) is 6.57. The zero-order valence-corrected chi connectivity index (χ0v) is 16.7. The number of carbonyl (C=O) groups excluding carboxylic acids is 2. The third kappa shape index (κ3) is 2.81. The fourth-order valence-electron chi connectivity index (χ4n) is 3.14. The first kappa shape index (κ1) is 18.4. The number of hydrogen-bond donors (Lipinski definition) is 2. The van der Waals surface area contributed by atoms with Gasteiger partial charge in [0.15, 0.2) is 11.6 Å². The van der Waals surface area contributed by atoms with Gasteiger partial charge in [0, 0.05) is 16.7 Å². The van der Waals surface area contributed by atoms with E-state index in [2.05, 4.69) is 20.7 Å². The third-order valence-corrected chi connectivity index (χ3v) is 6.72. The number of sulfonamides is 1. The Bertz CT molecular complexity index is 1250. The number of fused-ring (bicyclic) bond motifs is 2. The molecule has 4 rings (SSSR count). The zero-order valence-electron chi connectivity index (χ0n) is 14.3. The van der Waals surface area contributed by atoms with Crippen molar-refractivity contribution in [3.63, 3.8) is 0 Å². The molecule has 1 aliphatic rings. The van der Waals surface area contributed by atoms with Gasteiger partial charge < -0.3 is 5.73 Å². The second-order valence-electron chi connectivity index (χ2n) is 6.20. The van der Waals surface area contributed by atoms with Crippen molar-refractivity contribution in [1.82, 2.24) is 0 Å². The van der Waals surface area contributed by atoms with Gasteiger partial charge in [-0.25, -0.2) is 8.42 Å². The van der Waals surface area contributed by atoms with E-state index in [9.17, 15) is 18.0 Å². The van der Waals surface area contributed by atoms with E-state index in [0.29, 0.717) is 0 Å². The van der Waals surface area contributed by atoms with Crippen molar-refractivity contribution in [2.75, 3.05) is 10.5 Å². The Morgan fingerprint density at radius 3 is 2.04 bits per heavy atom. The topological polar surface area (TPSA) is 106 Å². The van der Waals surface area contributed by atoms with E-state index in [-0.39, 0.29) is 54.6 Å². The summed E-state index contributed by atoms with van der Waals surface area (Å²) in [4.78, 5) is 25.8. The molecule has 0 bridgehead atoms. The molecule has 3 N–H and O–H groups in total. The van der Waals surface area contributed by atoms with Crippen molar-refractivity contribution < 1.29 is 18.0 Å². The monoisotopic (exact) mass is 456 g/mol. The summed E-state index contributed by atoms with van der Waals surface area (Å²) in [5.74, 6) is -0.759. The van der Waals surface area contributed by atoms with Crippen molar-refractivity contribution in [3.05, 3.63) is 87.4 Å². The lowest BCUT2D eigenvalue weighted by atomic mass is 9.83. The van der Waals surface area contributed by atoms with Gasteiger partial charge in [0.05, 0.1) is 26.3 Å². The van der Waals surface area contributed by atoms with Gasteiger partial charge in [-0.15, -0.1) is 0 Å². The van der Waals surface area contributed by atoms with Crippen molar-refractivity contribution >= 4 is 48.9 Å². The Morgan fingerprint density at radius 2 is 1.39 bits per heavy atom. The van der Waals surface area contributed by atoms with E-state index in [4.69, 9.17) is 5.73 Å². The van der Waals surface area contributed by atoms with Crippen molar-refractivity contribution in [3.8, 4) is 0 Å². The molecule has 28 heavy (non-hydrogen) atoms. The predicted octanol–water partition coefficient (Wildman–Crippen LogP) is 3.61. The number of rotatable bonds is 3. The summed E-state index contributed by atoms with van der Waals surface area (Å²) in [7, 11) is -3.90. The molecule has 1 aliphatic carbocycles. The summed E-state index contributed by atoms with van der Waals surface area (Å²) in [5.41, 5.74) is 6.88. The summed E-state index contributed by atoms with van der Waals surface area (Å²) in [6.07, 6.45) is 0. The molecule has 8 heteroatoms. The normalized spacial score (nSPS) is 13.0. The first-order chi connectivity index (χ1) is 13.3.